The molecule has 0 bridgehead atoms. The molecule has 0 aliphatic rings. The Hall–Kier alpha value is -0.360. The van der Waals surface area contributed by atoms with Crippen LogP contribution in [-0.4, -0.2) is 41.1 Å². The van der Waals surface area contributed by atoms with Crippen LogP contribution in [0, 0.1) is 0 Å². The van der Waals surface area contributed by atoms with Gasteiger partial charge in [-0.3, -0.25) is 0 Å². The van der Waals surface area contributed by atoms with Gasteiger partial charge in [-0.1, -0.05) is 13.8 Å². The van der Waals surface area contributed by atoms with Gasteiger partial charge in [0.15, 0.2) is 0 Å². The SMILES string of the molecule is CC(C)SCCNCC(F)(F)C(=O)O. The summed E-state index contributed by atoms with van der Waals surface area (Å²) >= 11 is 1.64. The smallest absolute Gasteiger partial charge is 0.375 e. The van der Waals surface area contributed by atoms with Gasteiger partial charge in [0.2, 0.25) is 0 Å². The molecule has 0 rings (SSSR count). The zero-order valence-corrected chi connectivity index (χ0v) is 9.03. The van der Waals surface area contributed by atoms with Crippen molar-refractivity contribution in [3.8, 4) is 0 Å². The summed E-state index contributed by atoms with van der Waals surface area (Å²) in [6.07, 6.45) is 0. The van der Waals surface area contributed by atoms with Crippen molar-refractivity contribution in [2.45, 2.75) is 25.0 Å². The van der Waals surface area contributed by atoms with E-state index in [0.717, 1.165) is 0 Å². The molecule has 0 spiro atoms. The number of hydrogen-bond acceptors (Lipinski definition) is 3. The van der Waals surface area contributed by atoms with E-state index in [2.05, 4.69) is 5.32 Å². The Bertz CT molecular complexity index is 188. The summed E-state index contributed by atoms with van der Waals surface area (Å²) in [5.41, 5.74) is 0. The molecule has 14 heavy (non-hydrogen) atoms. The number of rotatable bonds is 7. The summed E-state index contributed by atoms with van der Waals surface area (Å²) < 4.78 is 24.9. The van der Waals surface area contributed by atoms with Crippen molar-refractivity contribution in [2.24, 2.45) is 0 Å². The van der Waals surface area contributed by atoms with Crippen molar-refractivity contribution in [3.63, 3.8) is 0 Å². The van der Waals surface area contributed by atoms with Gasteiger partial charge >= 0.3 is 11.9 Å². The monoisotopic (exact) mass is 227 g/mol. The van der Waals surface area contributed by atoms with Crippen LogP contribution in [0.15, 0.2) is 0 Å². The minimum Gasteiger partial charge on any atom is -0.477 e. The van der Waals surface area contributed by atoms with E-state index in [-0.39, 0.29) is 0 Å². The molecular weight excluding hydrogens is 212 g/mol. The summed E-state index contributed by atoms with van der Waals surface area (Å²) in [7, 11) is 0. The van der Waals surface area contributed by atoms with E-state index >= 15 is 0 Å². The average molecular weight is 227 g/mol. The molecule has 0 aliphatic heterocycles. The predicted octanol–water partition coefficient (Wildman–Crippen LogP) is 1.44. The second kappa shape index (κ2) is 6.19. The first-order valence-corrected chi connectivity index (χ1v) is 5.34. The Balaban J connectivity index is 3.49. The molecule has 2 N–H and O–H groups in total. The Morgan fingerprint density at radius 1 is 1.57 bits per heavy atom. The van der Waals surface area contributed by atoms with Crippen LogP contribution in [0.2, 0.25) is 0 Å². The molecule has 6 heteroatoms. The van der Waals surface area contributed by atoms with Gasteiger partial charge in [0, 0.05) is 12.3 Å². The maximum absolute atomic E-state index is 12.5. The summed E-state index contributed by atoms with van der Waals surface area (Å²) in [4.78, 5) is 10.00. The number of thioether (sulfide) groups is 1. The van der Waals surface area contributed by atoms with Crippen LogP contribution in [0.1, 0.15) is 13.8 Å². The van der Waals surface area contributed by atoms with Gasteiger partial charge < -0.3 is 10.4 Å². The number of hydrogen-bond donors (Lipinski definition) is 2. The number of nitrogens with one attached hydrogen (secondary N) is 1. The Morgan fingerprint density at radius 3 is 2.57 bits per heavy atom. The molecule has 0 unspecified atom stereocenters. The third-order valence-corrected chi connectivity index (χ3v) is 2.50. The van der Waals surface area contributed by atoms with Crippen molar-refractivity contribution >= 4 is 17.7 Å². The highest BCUT2D eigenvalue weighted by Gasteiger charge is 2.37. The van der Waals surface area contributed by atoms with Crippen LogP contribution in [0.5, 0.6) is 0 Å². The highest BCUT2D eigenvalue weighted by molar-refractivity contribution is 7.99. The molecule has 0 aliphatic carbocycles. The van der Waals surface area contributed by atoms with Gasteiger partial charge in [-0.15, -0.1) is 0 Å². The van der Waals surface area contributed by atoms with Gasteiger partial charge in [0.05, 0.1) is 6.54 Å². The molecule has 0 saturated carbocycles. The van der Waals surface area contributed by atoms with Crippen LogP contribution in [0.3, 0.4) is 0 Å². The van der Waals surface area contributed by atoms with Crippen molar-refractivity contribution in [3.05, 3.63) is 0 Å². The van der Waals surface area contributed by atoms with Crippen LogP contribution in [0.4, 0.5) is 8.78 Å². The molecule has 0 aromatic heterocycles. The lowest BCUT2D eigenvalue weighted by Crippen LogP contribution is -2.40. The van der Waals surface area contributed by atoms with Crippen LogP contribution < -0.4 is 5.32 Å². The maximum atomic E-state index is 12.5. The number of carboxylic acid groups (broad SMARTS) is 1. The predicted molar refractivity (Wildman–Crippen MR) is 53.0 cm³/mol. The number of halogens is 2. The van der Waals surface area contributed by atoms with Gasteiger partial charge in [-0.2, -0.15) is 20.5 Å². The fourth-order valence-corrected chi connectivity index (χ4v) is 1.42. The fourth-order valence-electron chi connectivity index (χ4n) is 0.688. The second-order valence-electron chi connectivity index (χ2n) is 3.11. The number of aliphatic carboxylic acids is 1. The molecule has 0 amide bonds. The normalized spacial score (nSPS) is 12.1. The quantitative estimate of drug-likeness (QED) is 0.646. The first-order valence-electron chi connectivity index (χ1n) is 4.30. The van der Waals surface area contributed by atoms with Gasteiger partial charge in [-0.25, -0.2) is 4.79 Å². The molecular formula is C8H15F2NO2S. The Morgan fingerprint density at radius 2 is 2.14 bits per heavy atom. The zero-order valence-electron chi connectivity index (χ0n) is 8.22. The summed E-state index contributed by atoms with van der Waals surface area (Å²) in [6, 6.07) is 0. The lowest BCUT2D eigenvalue weighted by Gasteiger charge is -2.12. The molecule has 0 radical (unpaired) electrons. The lowest BCUT2D eigenvalue weighted by atomic mass is 10.3. The van der Waals surface area contributed by atoms with Gasteiger partial charge in [-0.05, 0) is 5.25 Å². The standard InChI is InChI=1S/C8H15F2NO2S/c1-6(2)14-4-3-11-5-8(9,10)7(12)13/h6,11H,3-5H2,1-2H3,(H,12,13). The number of carbonyl (C=O) groups is 1. The Labute approximate surface area is 86.3 Å². The van der Waals surface area contributed by atoms with E-state index in [1.54, 1.807) is 11.8 Å². The highest BCUT2D eigenvalue weighted by atomic mass is 32.2. The fraction of sp³-hybridized carbons (Fsp3) is 0.875. The number of alkyl halides is 2. The molecule has 0 aromatic rings. The highest BCUT2D eigenvalue weighted by Crippen LogP contribution is 2.12. The summed E-state index contributed by atoms with van der Waals surface area (Å²) in [6.45, 7) is 3.61. The van der Waals surface area contributed by atoms with E-state index in [0.29, 0.717) is 17.5 Å². The van der Waals surface area contributed by atoms with E-state index in [4.69, 9.17) is 5.11 Å². The molecule has 84 valence electrons. The largest absolute Gasteiger partial charge is 0.477 e. The topological polar surface area (TPSA) is 49.3 Å². The van der Waals surface area contributed by atoms with Crippen molar-refractivity contribution < 1.29 is 18.7 Å². The van der Waals surface area contributed by atoms with E-state index in [9.17, 15) is 13.6 Å². The minimum atomic E-state index is -3.66. The van der Waals surface area contributed by atoms with Crippen molar-refractivity contribution in [1.29, 1.82) is 0 Å². The van der Waals surface area contributed by atoms with Crippen LogP contribution in [0.25, 0.3) is 0 Å². The minimum absolute atomic E-state index is 0.395. The van der Waals surface area contributed by atoms with Crippen LogP contribution >= 0.6 is 11.8 Å². The van der Waals surface area contributed by atoms with E-state index in [1.807, 2.05) is 13.8 Å². The number of carboxylic acids is 1. The second-order valence-corrected chi connectivity index (χ2v) is 4.79. The van der Waals surface area contributed by atoms with Crippen molar-refractivity contribution in [2.75, 3.05) is 18.8 Å². The Kier molecular flexibility index (Phi) is 6.03. The first kappa shape index (κ1) is 13.6. The van der Waals surface area contributed by atoms with Crippen molar-refractivity contribution in [1.82, 2.24) is 5.32 Å². The summed E-state index contributed by atoms with van der Waals surface area (Å²) in [5.74, 6) is -5.04. The summed E-state index contributed by atoms with van der Waals surface area (Å²) in [5, 5.41) is 11.0. The first-order chi connectivity index (χ1) is 6.36. The molecule has 0 fully saturated rings. The van der Waals surface area contributed by atoms with E-state index < -0.39 is 18.4 Å². The lowest BCUT2D eigenvalue weighted by molar-refractivity contribution is -0.163. The average Bonchev–Trinajstić information content (AvgIpc) is 2.02. The van der Waals surface area contributed by atoms with Gasteiger partial charge in [0.1, 0.15) is 0 Å². The maximum Gasteiger partial charge on any atom is 0.375 e. The van der Waals surface area contributed by atoms with E-state index in [1.165, 1.54) is 0 Å². The molecule has 0 aromatic carbocycles. The third kappa shape index (κ3) is 6.15. The molecule has 0 heterocycles. The zero-order chi connectivity index (χ0) is 11.2. The van der Waals surface area contributed by atoms with Gasteiger partial charge in [0.25, 0.3) is 0 Å². The molecule has 3 nitrogen and oxygen atoms in total. The van der Waals surface area contributed by atoms with Crippen LogP contribution in [-0.2, 0) is 4.79 Å². The third-order valence-electron chi connectivity index (χ3n) is 1.39. The molecule has 0 atom stereocenters. The molecule has 0 saturated heterocycles.